The van der Waals surface area contributed by atoms with Crippen molar-refractivity contribution in [1.82, 2.24) is 10.3 Å². The number of carbonyl (C=O) groups is 1. The van der Waals surface area contributed by atoms with Crippen LogP contribution in [0.4, 0.5) is 0 Å². The molecule has 14 heavy (non-hydrogen) atoms. The molecule has 2 N–H and O–H groups in total. The average Bonchev–Trinajstić information content (AvgIpc) is 2.51. The van der Waals surface area contributed by atoms with E-state index in [0.29, 0.717) is 10.7 Å². The van der Waals surface area contributed by atoms with Crippen LogP contribution in [0, 0.1) is 12.3 Å². The summed E-state index contributed by atoms with van der Waals surface area (Å²) in [6.45, 7) is 3.49. The van der Waals surface area contributed by atoms with Gasteiger partial charge in [-0.05, 0) is 19.9 Å². The van der Waals surface area contributed by atoms with Gasteiger partial charge in [-0.25, -0.2) is 0 Å². The van der Waals surface area contributed by atoms with Crippen molar-refractivity contribution in [3.8, 4) is 12.3 Å². The summed E-state index contributed by atoms with van der Waals surface area (Å²) in [4.78, 5) is 14.3. The van der Waals surface area contributed by atoms with Crippen molar-refractivity contribution in [1.29, 1.82) is 0 Å². The zero-order valence-electron chi connectivity index (χ0n) is 8.02. The molecule has 4 heteroatoms. The maximum Gasteiger partial charge on any atom is 0.268 e. The number of terminal acetylenes is 1. The van der Waals surface area contributed by atoms with Crippen LogP contribution in [0.5, 0.6) is 0 Å². The summed E-state index contributed by atoms with van der Waals surface area (Å²) < 4.78 is 0. The van der Waals surface area contributed by atoms with Crippen LogP contribution in [0.15, 0.2) is 12.3 Å². The van der Waals surface area contributed by atoms with Gasteiger partial charge in [0, 0.05) is 6.20 Å². The molecule has 0 atom stereocenters. The molecule has 3 nitrogen and oxygen atoms in total. The van der Waals surface area contributed by atoms with Crippen molar-refractivity contribution in [2.24, 2.45) is 0 Å². The first kappa shape index (κ1) is 10.7. The number of amides is 1. The molecule has 1 amide bonds. The molecule has 0 saturated heterocycles. The van der Waals surface area contributed by atoms with Crippen molar-refractivity contribution in [2.45, 2.75) is 19.4 Å². The van der Waals surface area contributed by atoms with Gasteiger partial charge in [0.1, 0.15) is 5.69 Å². The van der Waals surface area contributed by atoms with Crippen molar-refractivity contribution < 1.29 is 4.79 Å². The molecule has 0 aliphatic carbocycles. The summed E-state index contributed by atoms with van der Waals surface area (Å²) in [6, 6.07) is 1.55. The first-order chi connectivity index (χ1) is 6.44. The second kappa shape index (κ2) is 3.77. The number of halogens is 1. The Kier molecular flexibility index (Phi) is 2.87. The third-order valence-electron chi connectivity index (χ3n) is 1.68. The second-order valence-electron chi connectivity index (χ2n) is 3.46. The summed E-state index contributed by atoms with van der Waals surface area (Å²) in [5.41, 5.74) is -0.257. The normalized spacial score (nSPS) is 10.7. The fourth-order valence-electron chi connectivity index (χ4n) is 0.886. The Labute approximate surface area is 87.8 Å². The van der Waals surface area contributed by atoms with E-state index in [1.165, 1.54) is 0 Å². The fourth-order valence-corrected chi connectivity index (χ4v) is 1.05. The third-order valence-corrected chi connectivity index (χ3v) is 1.90. The summed E-state index contributed by atoms with van der Waals surface area (Å²) in [7, 11) is 0. The molecule has 1 aromatic rings. The van der Waals surface area contributed by atoms with Gasteiger partial charge < -0.3 is 10.3 Å². The van der Waals surface area contributed by atoms with Gasteiger partial charge in [-0.2, -0.15) is 0 Å². The van der Waals surface area contributed by atoms with Gasteiger partial charge >= 0.3 is 0 Å². The molecular weight excluding hydrogens is 200 g/mol. The lowest BCUT2D eigenvalue weighted by molar-refractivity contribution is 0.0925. The Morgan fingerprint density at radius 2 is 2.36 bits per heavy atom. The molecule has 0 fully saturated rings. The minimum absolute atomic E-state index is 0.264. The molecule has 0 spiro atoms. The molecule has 0 saturated carbocycles. The zero-order valence-corrected chi connectivity index (χ0v) is 8.77. The summed E-state index contributed by atoms with van der Waals surface area (Å²) in [6.07, 6.45) is 6.78. The molecule has 0 unspecified atom stereocenters. The predicted octanol–water partition coefficient (Wildman–Crippen LogP) is 1.81. The summed E-state index contributed by atoms with van der Waals surface area (Å²) in [5, 5.41) is 3.16. The fraction of sp³-hybridized carbons (Fsp3) is 0.300. The molecule has 1 rings (SSSR count). The second-order valence-corrected chi connectivity index (χ2v) is 3.89. The van der Waals surface area contributed by atoms with Gasteiger partial charge in [0.15, 0.2) is 0 Å². The Bertz CT molecular complexity index is 387. The third kappa shape index (κ3) is 2.54. The summed E-state index contributed by atoms with van der Waals surface area (Å²) >= 11 is 5.66. The molecule has 0 aliphatic rings. The highest BCUT2D eigenvalue weighted by Gasteiger charge is 2.18. The van der Waals surface area contributed by atoms with E-state index in [0.717, 1.165) is 0 Å². The predicted molar refractivity (Wildman–Crippen MR) is 56.2 cm³/mol. The van der Waals surface area contributed by atoms with E-state index in [1.54, 1.807) is 26.1 Å². The maximum absolute atomic E-state index is 11.5. The van der Waals surface area contributed by atoms with Gasteiger partial charge in [-0.15, -0.1) is 6.42 Å². The van der Waals surface area contributed by atoms with Crippen LogP contribution < -0.4 is 5.32 Å². The lowest BCUT2D eigenvalue weighted by Gasteiger charge is -2.18. The maximum atomic E-state index is 11.5. The number of H-pyrrole nitrogens is 1. The Hall–Kier alpha value is -1.40. The van der Waals surface area contributed by atoms with E-state index in [2.05, 4.69) is 16.2 Å². The van der Waals surface area contributed by atoms with Crippen LogP contribution in [-0.2, 0) is 0 Å². The van der Waals surface area contributed by atoms with Crippen molar-refractivity contribution >= 4 is 17.5 Å². The highest BCUT2D eigenvalue weighted by molar-refractivity contribution is 6.30. The van der Waals surface area contributed by atoms with Gasteiger partial charge in [0.2, 0.25) is 0 Å². The van der Waals surface area contributed by atoms with Crippen LogP contribution in [0.2, 0.25) is 5.02 Å². The minimum atomic E-state index is -0.658. The van der Waals surface area contributed by atoms with Crippen LogP contribution in [0.25, 0.3) is 0 Å². The van der Waals surface area contributed by atoms with E-state index in [1.807, 2.05) is 0 Å². The Morgan fingerprint density at radius 3 is 2.79 bits per heavy atom. The molecule has 0 radical (unpaired) electrons. The number of hydrogen-bond donors (Lipinski definition) is 2. The number of nitrogens with one attached hydrogen (secondary N) is 2. The van der Waals surface area contributed by atoms with Crippen LogP contribution in [0.1, 0.15) is 24.3 Å². The molecule has 74 valence electrons. The topological polar surface area (TPSA) is 44.9 Å². The first-order valence-corrected chi connectivity index (χ1v) is 4.46. The van der Waals surface area contributed by atoms with Crippen LogP contribution in [-0.4, -0.2) is 16.4 Å². The Balaban J connectivity index is 2.74. The van der Waals surface area contributed by atoms with Crippen molar-refractivity contribution in [3.05, 3.63) is 23.0 Å². The van der Waals surface area contributed by atoms with Crippen LogP contribution >= 0.6 is 11.6 Å². The van der Waals surface area contributed by atoms with Gasteiger partial charge in [0.25, 0.3) is 5.91 Å². The number of aromatic amines is 1. The lowest BCUT2D eigenvalue weighted by Crippen LogP contribution is -2.42. The van der Waals surface area contributed by atoms with Gasteiger partial charge in [-0.1, -0.05) is 17.5 Å². The average molecular weight is 211 g/mol. The van der Waals surface area contributed by atoms with Crippen molar-refractivity contribution in [2.75, 3.05) is 0 Å². The SMILES string of the molecule is C#CC(C)(C)NC(=O)c1cc(Cl)c[nH]1. The van der Waals surface area contributed by atoms with E-state index in [-0.39, 0.29) is 5.91 Å². The van der Waals surface area contributed by atoms with Crippen LogP contribution in [0.3, 0.4) is 0 Å². The standard InChI is InChI=1S/C10H11ClN2O/c1-4-10(2,3)13-9(14)8-5-7(11)6-12-8/h1,5-6,12H,2-3H3,(H,13,14). The monoisotopic (exact) mass is 210 g/mol. The molecular formula is C10H11ClN2O. The summed E-state index contributed by atoms with van der Waals surface area (Å²) in [5.74, 6) is 2.21. The molecule has 1 aromatic heterocycles. The molecule has 0 aliphatic heterocycles. The molecule has 0 aromatic carbocycles. The highest BCUT2D eigenvalue weighted by Crippen LogP contribution is 2.10. The number of rotatable bonds is 2. The minimum Gasteiger partial charge on any atom is -0.356 e. The largest absolute Gasteiger partial charge is 0.356 e. The number of carbonyl (C=O) groups excluding carboxylic acids is 1. The van der Waals surface area contributed by atoms with Crippen molar-refractivity contribution in [3.63, 3.8) is 0 Å². The van der Waals surface area contributed by atoms with Gasteiger partial charge in [-0.3, -0.25) is 4.79 Å². The van der Waals surface area contributed by atoms with E-state index < -0.39 is 5.54 Å². The smallest absolute Gasteiger partial charge is 0.268 e. The lowest BCUT2D eigenvalue weighted by atomic mass is 10.1. The van der Waals surface area contributed by atoms with E-state index >= 15 is 0 Å². The Morgan fingerprint density at radius 1 is 1.71 bits per heavy atom. The van der Waals surface area contributed by atoms with E-state index in [4.69, 9.17) is 18.0 Å². The molecule has 1 heterocycles. The highest BCUT2D eigenvalue weighted by atomic mass is 35.5. The van der Waals surface area contributed by atoms with E-state index in [9.17, 15) is 4.79 Å². The quantitative estimate of drug-likeness (QED) is 0.719. The molecule has 0 bridgehead atoms. The number of aromatic nitrogens is 1. The van der Waals surface area contributed by atoms with Gasteiger partial charge in [0.05, 0.1) is 10.6 Å². The first-order valence-electron chi connectivity index (χ1n) is 4.09. The number of hydrogen-bond acceptors (Lipinski definition) is 1. The zero-order chi connectivity index (χ0) is 10.8.